The van der Waals surface area contributed by atoms with Crippen LogP contribution in [-0.4, -0.2) is 12.9 Å². The number of hydrogen-bond acceptors (Lipinski definition) is 3. The summed E-state index contributed by atoms with van der Waals surface area (Å²) >= 11 is 0. The van der Waals surface area contributed by atoms with Crippen LogP contribution in [0.1, 0.15) is 35.2 Å². The molecular weight excluding hydrogens is 269 g/mol. The molecule has 110 valence electrons. The van der Waals surface area contributed by atoms with Crippen LogP contribution in [0.4, 0.5) is 10.1 Å². The first-order chi connectivity index (χ1) is 10.0. The standard InChI is InChI=1S/C17H18FNO2/c1-11(12-3-5-13(19)6-4-12)9-17(20)15-8-7-14(21-2)10-16(15)18/h3-8,10-11H,9,19H2,1-2H3. The summed E-state index contributed by atoms with van der Waals surface area (Å²) in [5, 5.41) is 0. The number of benzene rings is 2. The van der Waals surface area contributed by atoms with Crippen molar-refractivity contribution >= 4 is 11.5 Å². The first-order valence-electron chi connectivity index (χ1n) is 6.73. The lowest BCUT2D eigenvalue weighted by Gasteiger charge is -2.12. The summed E-state index contributed by atoms with van der Waals surface area (Å²) in [6.07, 6.45) is 0.243. The van der Waals surface area contributed by atoms with Crippen molar-refractivity contribution in [1.29, 1.82) is 0 Å². The lowest BCUT2D eigenvalue weighted by atomic mass is 9.93. The summed E-state index contributed by atoms with van der Waals surface area (Å²) in [5.41, 5.74) is 7.42. The average Bonchev–Trinajstić information content (AvgIpc) is 2.47. The number of nitrogen functional groups attached to an aromatic ring is 1. The molecule has 0 bridgehead atoms. The molecule has 2 aromatic rings. The molecule has 3 nitrogen and oxygen atoms in total. The maximum Gasteiger partial charge on any atom is 0.166 e. The van der Waals surface area contributed by atoms with Crippen LogP contribution >= 0.6 is 0 Å². The third-order valence-corrected chi connectivity index (χ3v) is 3.47. The number of ketones is 1. The van der Waals surface area contributed by atoms with E-state index >= 15 is 0 Å². The first kappa shape index (κ1) is 15.0. The SMILES string of the molecule is COc1ccc(C(=O)CC(C)c2ccc(N)cc2)c(F)c1. The smallest absolute Gasteiger partial charge is 0.166 e. The number of carbonyl (C=O) groups excluding carboxylic acids is 1. The van der Waals surface area contributed by atoms with E-state index in [2.05, 4.69) is 0 Å². The molecular formula is C17H18FNO2. The molecule has 0 amide bonds. The second kappa shape index (κ2) is 6.39. The molecule has 1 atom stereocenters. The van der Waals surface area contributed by atoms with Gasteiger partial charge < -0.3 is 10.5 Å². The van der Waals surface area contributed by atoms with Gasteiger partial charge in [-0.2, -0.15) is 0 Å². The van der Waals surface area contributed by atoms with Crippen LogP contribution in [-0.2, 0) is 0 Å². The molecule has 0 radical (unpaired) electrons. The topological polar surface area (TPSA) is 52.3 Å². The predicted octanol–water partition coefficient (Wildman–Crippen LogP) is 3.79. The summed E-state index contributed by atoms with van der Waals surface area (Å²) in [6.45, 7) is 1.94. The lowest BCUT2D eigenvalue weighted by Crippen LogP contribution is -2.07. The fraction of sp³-hybridized carbons (Fsp3) is 0.235. The van der Waals surface area contributed by atoms with Gasteiger partial charge in [-0.3, -0.25) is 4.79 Å². The minimum absolute atomic E-state index is 0.000369. The van der Waals surface area contributed by atoms with Gasteiger partial charge in [0.15, 0.2) is 5.78 Å². The minimum Gasteiger partial charge on any atom is -0.497 e. The van der Waals surface area contributed by atoms with E-state index < -0.39 is 5.82 Å². The van der Waals surface area contributed by atoms with Gasteiger partial charge in [0, 0.05) is 18.2 Å². The molecule has 0 aliphatic heterocycles. The van der Waals surface area contributed by atoms with Gasteiger partial charge in [-0.05, 0) is 35.7 Å². The Kier molecular flexibility index (Phi) is 4.58. The maximum atomic E-state index is 13.9. The van der Waals surface area contributed by atoms with Gasteiger partial charge in [0.05, 0.1) is 12.7 Å². The van der Waals surface area contributed by atoms with Gasteiger partial charge in [-0.1, -0.05) is 19.1 Å². The molecule has 1 unspecified atom stereocenters. The number of methoxy groups -OCH3 is 1. The van der Waals surface area contributed by atoms with Crippen LogP contribution in [0, 0.1) is 5.82 Å². The highest BCUT2D eigenvalue weighted by Crippen LogP contribution is 2.24. The molecule has 0 heterocycles. The predicted molar refractivity (Wildman–Crippen MR) is 81.2 cm³/mol. The van der Waals surface area contributed by atoms with E-state index in [0.717, 1.165) is 5.56 Å². The third-order valence-electron chi connectivity index (χ3n) is 3.47. The third kappa shape index (κ3) is 3.60. The molecule has 0 aliphatic carbocycles. The van der Waals surface area contributed by atoms with Gasteiger partial charge in [0.1, 0.15) is 11.6 Å². The van der Waals surface area contributed by atoms with E-state index in [4.69, 9.17) is 10.5 Å². The van der Waals surface area contributed by atoms with Crippen LogP contribution in [0.15, 0.2) is 42.5 Å². The molecule has 0 saturated heterocycles. The molecule has 0 fully saturated rings. The van der Waals surface area contributed by atoms with Crippen molar-refractivity contribution < 1.29 is 13.9 Å². The summed E-state index contributed by atoms with van der Waals surface area (Å²) in [6, 6.07) is 11.6. The number of ether oxygens (including phenoxy) is 1. The second-order valence-corrected chi connectivity index (χ2v) is 5.04. The van der Waals surface area contributed by atoms with Crippen molar-refractivity contribution in [3.05, 3.63) is 59.4 Å². The summed E-state index contributed by atoms with van der Waals surface area (Å²) in [4.78, 5) is 12.2. The monoisotopic (exact) mass is 287 g/mol. The van der Waals surface area contributed by atoms with Crippen molar-refractivity contribution in [3.63, 3.8) is 0 Å². The number of Topliss-reactive ketones (excluding diaryl/α,β-unsaturated/α-hetero) is 1. The van der Waals surface area contributed by atoms with E-state index in [9.17, 15) is 9.18 Å². The Morgan fingerprint density at radius 3 is 2.48 bits per heavy atom. The number of hydrogen-bond donors (Lipinski definition) is 1. The van der Waals surface area contributed by atoms with Crippen molar-refractivity contribution in [2.45, 2.75) is 19.3 Å². The molecule has 2 rings (SSSR count). The average molecular weight is 287 g/mol. The maximum absolute atomic E-state index is 13.9. The molecule has 0 spiro atoms. The van der Waals surface area contributed by atoms with Gasteiger partial charge in [-0.25, -0.2) is 4.39 Å². The first-order valence-corrected chi connectivity index (χ1v) is 6.73. The largest absolute Gasteiger partial charge is 0.497 e. The van der Waals surface area contributed by atoms with Crippen LogP contribution in [0.25, 0.3) is 0 Å². The summed E-state index contributed by atoms with van der Waals surface area (Å²) in [5.74, 6) is -0.376. The second-order valence-electron chi connectivity index (χ2n) is 5.04. The van der Waals surface area contributed by atoms with E-state index in [-0.39, 0.29) is 23.7 Å². The number of nitrogens with two attached hydrogens (primary N) is 1. The minimum atomic E-state index is -0.552. The van der Waals surface area contributed by atoms with Gasteiger partial charge in [0.25, 0.3) is 0 Å². The van der Waals surface area contributed by atoms with Gasteiger partial charge in [-0.15, -0.1) is 0 Å². The highest BCUT2D eigenvalue weighted by molar-refractivity contribution is 5.96. The fourth-order valence-electron chi connectivity index (χ4n) is 2.18. The molecule has 2 N–H and O–H groups in total. The molecule has 0 aromatic heterocycles. The Labute approximate surface area is 123 Å². The Bertz CT molecular complexity index is 638. The number of anilines is 1. The molecule has 2 aromatic carbocycles. The highest BCUT2D eigenvalue weighted by Gasteiger charge is 2.16. The van der Waals surface area contributed by atoms with Crippen molar-refractivity contribution in [2.24, 2.45) is 0 Å². The summed E-state index contributed by atoms with van der Waals surface area (Å²) in [7, 11) is 1.46. The number of rotatable bonds is 5. The Morgan fingerprint density at radius 1 is 1.24 bits per heavy atom. The zero-order valence-corrected chi connectivity index (χ0v) is 12.1. The van der Waals surface area contributed by atoms with Gasteiger partial charge >= 0.3 is 0 Å². The Balaban J connectivity index is 2.12. The zero-order valence-electron chi connectivity index (χ0n) is 12.1. The molecule has 4 heteroatoms. The normalized spacial score (nSPS) is 12.0. The Morgan fingerprint density at radius 2 is 1.90 bits per heavy atom. The quantitative estimate of drug-likeness (QED) is 0.672. The van der Waals surface area contributed by atoms with E-state index in [1.807, 2.05) is 19.1 Å². The highest BCUT2D eigenvalue weighted by atomic mass is 19.1. The van der Waals surface area contributed by atoms with Crippen LogP contribution in [0.2, 0.25) is 0 Å². The van der Waals surface area contributed by atoms with Crippen molar-refractivity contribution in [3.8, 4) is 5.75 Å². The summed E-state index contributed by atoms with van der Waals surface area (Å²) < 4.78 is 18.8. The van der Waals surface area contributed by atoms with Crippen LogP contribution in [0.5, 0.6) is 5.75 Å². The van der Waals surface area contributed by atoms with Crippen LogP contribution < -0.4 is 10.5 Å². The molecule has 21 heavy (non-hydrogen) atoms. The van der Waals surface area contributed by atoms with E-state index in [1.165, 1.54) is 19.2 Å². The molecule has 0 saturated carbocycles. The fourth-order valence-corrected chi connectivity index (χ4v) is 2.18. The van der Waals surface area contributed by atoms with Crippen molar-refractivity contribution in [2.75, 3.05) is 12.8 Å². The van der Waals surface area contributed by atoms with Crippen LogP contribution in [0.3, 0.4) is 0 Å². The van der Waals surface area contributed by atoms with Gasteiger partial charge in [0.2, 0.25) is 0 Å². The number of carbonyl (C=O) groups is 1. The lowest BCUT2D eigenvalue weighted by molar-refractivity contribution is 0.0971. The van der Waals surface area contributed by atoms with Crippen molar-refractivity contribution in [1.82, 2.24) is 0 Å². The van der Waals surface area contributed by atoms with E-state index in [0.29, 0.717) is 11.4 Å². The van der Waals surface area contributed by atoms with E-state index in [1.54, 1.807) is 18.2 Å². The molecule has 0 aliphatic rings. The number of halogens is 1. The Hall–Kier alpha value is -2.36. The zero-order chi connectivity index (χ0) is 15.4.